The maximum Gasteiger partial charge on any atom is 0.326 e. The summed E-state index contributed by atoms with van der Waals surface area (Å²) in [5.41, 5.74) is 0.248. The largest absolute Gasteiger partial charge is 0.480 e. The Hall–Kier alpha value is -1.99. The molecule has 0 bridgehead atoms. The standard InChI is InChI=1S/C17H23FN2O4/c1-2-5-14(17(22)23)19-16(21)15(20-8-10-24-11-9-20)12-6-3-4-7-13(12)18/h3-4,6-7,14-15H,2,5,8-11H2,1H3,(H,19,21)(H,22,23). The van der Waals surface area contributed by atoms with E-state index in [0.717, 1.165) is 0 Å². The molecule has 2 rings (SSSR count). The van der Waals surface area contributed by atoms with Gasteiger partial charge in [-0.25, -0.2) is 9.18 Å². The molecule has 0 radical (unpaired) electrons. The Balaban J connectivity index is 2.26. The van der Waals surface area contributed by atoms with E-state index in [2.05, 4.69) is 5.32 Å². The molecule has 2 N–H and O–H groups in total. The molecular formula is C17H23FN2O4. The van der Waals surface area contributed by atoms with Crippen molar-refractivity contribution in [3.05, 3.63) is 35.6 Å². The van der Waals surface area contributed by atoms with Gasteiger partial charge in [0, 0.05) is 18.7 Å². The highest BCUT2D eigenvalue weighted by molar-refractivity contribution is 5.87. The molecule has 1 saturated heterocycles. The lowest BCUT2D eigenvalue weighted by Gasteiger charge is -2.34. The van der Waals surface area contributed by atoms with Gasteiger partial charge in [-0.15, -0.1) is 0 Å². The van der Waals surface area contributed by atoms with Crippen molar-refractivity contribution in [3.8, 4) is 0 Å². The number of halogens is 1. The zero-order valence-corrected chi connectivity index (χ0v) is 13.7. The number of rotatable bonds is 7. The number of nitrogens with one attached hydrogen (secondary N) is 1. The van der Waals surface area contributed by atoms with Gasteiger partial charge in [-0.05, 0) is 12.5 Å². The van der Waals surface area contributed by atoms with Crippen LogP contribution in [0.5, 0.6) is 0 Å². The number of hydrogen-bond donors (Lipinski definition) is 2. The Kier molecular flexibility index (Phi) is 6.69. The van der Waals surface area contributed by atoms with Gasteiger partial charge < -0.3 is 15.2 Å². The Morgan fingerprint density at radius 1 is 1.33 bits per heavy atom. The van der Waals surface area contributed by atoms with Gasteiger partial charge in [0.1, 0.15) is 17.9 Å². The molecule has 1 fully saturated rings. The number of carboxylic acid groups (broad SMARTS) is 1. The number of benzene rings is 1. The Labute approximate surface area is 140 Å². The van der Waals surface area contributed by atoms with Crippen molar-refractivity contribution in [2.75, 3.05) is 26.3 Å². The molecule has 6 nitrogen and oxygen atoms in total. The number of amides is 1. The van der Waals surface area contributed by atoms with Crippen LogP contribution in [0.3, 0.4) is 0 Å². The first-order valence-corrected chi connectivity index (χ1v) is 8.14. The summed E-state index contributed by atoms with van der Waals surface area (Å²) >= 11 is 0. The minimum atomic E-state index is -1.08. The number of hydrogen-bond acceptors (Lipinski definition) is 4. The number of carboxylic acids is 1. The third kappa shape index (κ3) is 4.52. The summed E-state index contributed by atoms with van der Waals surface area (Å²) in [6, 6.07) is 4.25. The van der Waals surface area contributed by atoms with Crippen molar-refractivity contribution in [1.29, 1.82) is 0 Å². The second-order valence-corrected chi connectivity index (χ2v) is 5.76. The first kappa shape index (κ1) is 18.4. The second kappa shape index (κ2) is 8.75. The number of carbonyl (C=O) groups is 2. The van der Waals surface area contributed by atoms with Gasteiger partial charge in [0.15, 0.2) is 0 Å². The van der Waals surface area contributed by atoms with E-state index < -0.39 is 29.8 Å². The summed E-state index contributed by atoms with van der Waals surface area (Å²) in [7, 11) is 0. The summed E-state index contributed by atoms with van der Waals surface area (Å²) < 4.78 is 19.5. The normalized spacial score (nSPS) is 17.9. The highest BCUT2D eigenvalue weighted by atomic mass is 19.1. The zero-order valence-electron chi connectivity index (χ0n) is 13.7. The number of morpholine rings is 1. The minimum absolute atomic E-state index is 0.248. The van der Waals surface area contributed by atoms with Crippen LogP contribution in [0, 0.1) is 5.82 Å². The third-order valence-electron chi connectivity index (χ3n) is 4.05. The van der Waals surface area contributed by atoms with E-state index in [1.807, 2.05) is 11.8 Å². The zero-order chi connectivity index (χ0) is 17.5. The van der Waals surface area contributed by atoms with Crippen LogP contribution in [0.1, 0.15) is 31.4 Å². The van der Waals surface area contributed by atoms with Gasteiger partial charge in [0.2, 0.25) is 5.91 Å². The lowest BCUT2D eigenvalue weighted by Crippen LogP contribution is -2.50. The maximum absolute atomic E-state index is 14.2. The number of aliphatic carboxylic acids is 1. The molecule has 0 aliphatic carbocycles. The first-order valence-electron chi connectivity index (χ1n) is 8.14. The monoisotopic (exact) mass is 338 g/mol. The quantitative estimate of drug-likeness (QED) is 0.789. The van der Waals surface area contributed by atoms with E-state index >= 15 is 0 Å². The average molecular weight is 338 g/mol. The molecule has 0 aromatic heterocycles. The van der Waals surface area contributed by atoms with E-state index in [9.17, 15) is 19.1 Å². The fraction of sp³-hybridized carbons (Fsp3) is 0.529. The molecule has 132 valence electrons. The van der Waals surface area contributed by atoms with E-state index in [1.54, 1.807) is 18.2 Å². The van der Waals surface area contributed by atoms with Crippen LogP contribution >= 0.6 is 0 Å². The van der Waals surface area contributed by atoms with Crippen molar-refractivity contribution >= 4 is 11.9 Å². The topological polar surface area (TPSA) is 78.9 Å². The summed E-state index contributed by atoms with van der Waals surface area (Å²) in [6.45, 7) is 3.72. The van der Waals surface area contributed by atoms with Crippen LogP contribution in [0.2, 0.25) is 0 Å². The Morgan fingerprint density at radius 2 is 2.00 bits per heavy atom. The van der Waals surface area contributed by atoms with Gasteiger partial charge in [-0.1, -0.05) is 31.5 Å². The Morgan fingerprint density at radius 3 is 2.58 bits per heavy atom. The number of ether oxygens (including phenoxy) is 1. The smallest absolute Gasteiger partial charge is 0.326 e. The minimum Gasteiger partial charge on any atom is -0.480 e. The van der Waals surface area contributed by atoms with Crippen LogP contribution in [0.25, 0.3) is 0 Å². The van der Waals surface area contributed by atoms with E-state index in [1.165, 1.54) is 6.07 Å². The van der Waals surface area contributed by atoms with Crippen molar-refractivity contribution in [2.24, 2.45) is 0 Å². The molecule has 1 aromatic carbocycles. The molecule has 24 heavy (non-hydrogen) atoms. The van der Waals surface area contributed by atoms with E-state index in [0.29, 0.717) is 39.1 Å². The van der Waals surface area contributed by atoms with Crippen LogP contribution in [0.4, 0.5) is 4.39 Å². The molecule has 1 heterocycles. The molecular weight excluding hydrogens is 315 g/mol. The Bertz CT molecular complexity index is 575. The van der Waals surface area contributed by atoms with Gasteiger partial charge in [0.25, 0.3) is 0 Å². The predicted octanol–water partition coefficient (Wildman–Crippen LogP) is 1.57. The van der Waals surface area contributed by atoms with E-state index in [-0.39, 0.29) is 5.56 Å². The molecule has 1 aromatic rings. The molecule has 0 spiro atoms. The number of carbonyl (C=O) groups excluding carboxylic acids is 1. The molecule has 0 saturated carbocycles. The van der Waals surface area contributed by atoms with Gasteiger partial charge in [-0.3, -0.25) is 9.69 Å². The fourth-order valence-corrected chi connectivity index (χ4v) is 2.83. The predicted molar refractivity (Wildman–Crippen MR) is 86.0 cm³/mol. The molecule has 1 aliphatic rings. The molecule has 2 atom stereocenters. The summed E-state index contributed by atoms with van der Waals surface area (Å²) in [6.07, 6.45) is 0.952. The van der Waals surface area contributed by atoms with Gasteiger partial charge in [-0.2, -0.15) is 0 Å². The third-order valence-corrected chi connectivity index (χ3v) is 4.05. The molecule has 1 aliphatic heterocycles. The van der Waals surface area contributed by atoms with Crippen LogP contribution in [-0.2, 0) is 14.3 Å². The van der Waals surface area contributed by atoms with Gasteiger partial charge in [0.05, 0.1) is 13.2 Å². The average Bonchev–Trinajstić information content (AvgIpc) is 2.57. The second-order valence-electron chi connectivity index (χ2n) is 5.76. The SMILES string of the molecule is CCCC(NC(=O)C(c1ccccc1F)N1CCOCC1)C(=O)O. The fourth-order valence-electron chi connectivity index (χ4n) is 2.83. The summed E-state index contributed by atoms with van der Waals surface area (Å²) in [4.78, 5) is 25.9. The summed E-state index contributed by atoms with van der Waals surface area (Å²) in [5, 5.41) is 11.8. The molecule has 7 heteroatoms. The van der Waals surface area contributed by atoms with Crippen molar-refractivity contribution in [2.45, 2.75) is 31.8 Å². The first-order chi connectivity index (χ1) is 11.5. The van der Waals surface area contributed by atoms with Crippen LogP contribution in [-0.4, -0.2) is 54.2 Å². The molecule has 1 amide bonds. The lowest BCUT2D eigenvalue weighted by molar-refractivity contribution is -0.143. The van der Waals surface area contributed by atoms with Crippen molar-refractivity contribution < 1.29 is 23.8 Å². The maximum atomic E-state index is 14.2. The summed E-state index contributed by atoms with van der Waals surface area (Å²) in [5.74, 6) is -2.06. The van der Waals surface area contributed by atoms with E-state index in [4.69, 9.17) is 4.74 Å². The van der Waals surface area contributed by atoms with Gasteiger partial charge >= 0.3 is 5.97 Å². The highest BCUT2D eigenvalue weighted by Crippen LogP contribution is 2.25. The number of nitrogens with zero attached hydrogens (tertiary/aromatic N) is 1. The molecule has 2 unspecified atom stereocenters. The highest BCUT2D eigenvalue weighted by Gasteiger charge is 2.33. The lowest BCUT2D eigenvalue weighted by atomic mass is 10.0. The van der Waals surface area contributed by atoms with Crippen LogP contribution in [0.15, 0.2) is 24.3 Å². The van der Waals surface area contributed by atoms with Crippen molar-refractivity contribution in [3.63, 3.8) is 0 Å². The van der Waals surface area contributed by atoms with Crippen molar-refractivity contribution in [1.82, 2.24) is 10.2 Å². The van der Waals surface area contributed by atoms with Crippen LogP contribution < -0.4 is 5.32 Å².